The molecule has 1 heteroatoms. The van der Waals surface area contributed by atoms with Crippen LogP contribution in [0.15, 0.2) is 30.3 Å². The van der Waals surface area contributed by atoms with Gasteiger partial charge in [-0.05, 0) is 6.92 Å². The largest absolute Gasteiger partial charge is 0.0622 e. The summed E-state index contributed by atoms with van der Waals surface area (Å²) in [5, 5.41) is 0. The Balaban J connectivity index is 0.000000428. The van der Waals surface area contributed by atoms with Crippen molar-refractivity contribution < 1.29 is 0 Å². The van der Waals surface area contributed by atoms with E-state index in [4.69, 9.17) is 0 Å². The molecule has 0 aliphatic rings. The summed E-state index contributed by atoms with van der Waals surface area (Å²) in [6, 6.07) is 10.3. The van der Waals surface area contributed by atoms with E-state index in [0.717, 1.165) is 0 Å². The van der Waals surface area contributed by atoms with Gasteiger partial charge in [0.05, 0.1) is 0 Å². The number of unbranched alkanes of at least 4 members (excludes halogenated alkanes) is 3. The second-order valence-electron chi connectivity index (χ2n) is 5.95. The van der Waals surface area contributed by atoms with Crippen molar-refractivity contribution >= 4 is 19.8 Å². The molecule has 0 unspecified atom stereocenters. The average molecular weight is 383 g/mol. The fourth-order valence-corrected chi connectivity index (χ4v) is 13.4. The quantitative estimate of drug-likeness (QED) is 0.421. The van der Waals surface area contributed by atoms with E-state index in [0.29, 0.717) is 0 Å². The Morgan fingerprint density at radius 1 is 0.700 bits per heavy atom. The summed E-state index contributed by atoms with van der Waals surface area (Å²) >= 11 is -0.967. The molecule has 1 aromatic rings. The monoisotopic (exact) mass is 384 g/mol. The maximum atomic E-state index is 2.34. The van der Waals surface area contributed by atoms with Crippen molar-refractivity contribution in [2.75, 3.05) is 0 Å². The molecule has 0 saturated carbocycles. The van der Waals surface area contributed by atoms with Crippen molar-refractivity contribution in [1.29, 1.82) is 0 Å². The summed E-state index contributed by atoms with van der Waals surface area (Å²) in [4.78, 5) is 0. The van der Waals surface area contributed by atoms with E-state index < -0.39 is 19.8 Å². The summed E-state index contributed by atoms with van der Waals surface area (Å²) in [5.74, 6) is 0. The van der Waals surface area contributed by atoms with Gasteiger partial charge in [0.1, 0.15) is 0 Å². The van der Waals surface area contributed by atoms with Gasteiger partial charge in [-0.15, -0.1) is 0 Å². The second kappa shape index (κ2) is 15.4. The summed E-state index contributed by atoms with van der Waals surface area (Å²) in [5.41, 5.74) is 1.32. The van der Waals surface area contributed by atoms with E-state index >= 15 is 0 Å². The Kier molecular flexibility index (Phi) is 15.4. The molecule has 0 spiro atoms. The molecule has 0 amide bonds. The van der Waals surface area contributed by atoms with Gasteiger partial charge >= 0.3 is 92.4 Å². The minimum Gasteiger partial charge on any atom is -0.0622 e. The molecular weight excluding hydrogens is 347 g/mol. The van der Waals surface area contributed by atoms with Crippen LogP contribution >= 0.6 is 0 Å². The van der Waals surface area contributed by atoms with Crippen LogP contribution in [-0.4, -0.2) is 19.8 Å². The van der Waals surface area contributed by atoms with E-state index in [9.17, 15) is 0 Å². The third-order valence-corrected chi connectivity index (χ3v) is 14.3. The molecule has 116 valence electrons. The first-order valence-corrected chi connectivity index (χ1v) is 15.7. The fraction of sp³-hybridized carbons (Fsp3) is 0.684. The summed E-state index contributed by atoms with van der Waals surface area (Å²) < 4.78 is 5.08. The Hall–Kier alpha value is 0.0187. The van der Waals surface area contributed by atoms with Crippen molar-refractivity contribution in [2.24, 2.45) is 0 Å². The molecule has 1 rings (SSSR count). The molecule has 0 fully saturated rings. The van der Waals surface area contributed by atoms with Gasteiger partial charge in [0, 0.05) is 0 Å². The zero-order valence-electron chi connectivity index (χ0n) is 14.3. The maximum absolute atomic E-state index is 2.34. The van der Waals surface area contributed by atoms with Gasteiger partial charge < -0.3 is 0 Å². The summed E-state index contributed by atoms with van der Waals surface area (Å²) in [6.07, 6.45) is 8.87. The Morgan fingerprint density at radius 3 is 1.35 bits per heavy atom. The fourth-order valence-electron chi connectivity index (χ4n) is 2.45. The van der Waals surface area contributed by atoms with Crippen molar-refractivity contribution in [3.63, 3.8) is 0 Å². The van der Waals surface area contributed by atoms with Gasteiger partial charge in [0.25, 0.3) is 0 Å². The number of hydrogen-bond acceptors (Lipinski definition) is 0. The molecule has 20 heavy (non-hydrogen) atoms. The summed E-state index contributed by atoms with van der Waals surface area (Å²) in [6.45, 7) is 9.09. The zero-order valence-corrected chi connectivity index (χ0v) is 17.6. The average Bonchev–Trinajstić information content (AvgIpc) is 2.48. The minimum absolute atomic E-state index is 0.967. The van der Waals surface area contributed by atoms with Gasteiger partial charge in [-0.2, -0.15) is 0 Å². The molecule has 0 bridgehead atoms. The van der Waals surface area contributed by atoms with Crippen LogP contribution in [0, 0.1) is 6.92 Å². The minimum atomic E-state index is -0.967. The molecule has 0 aliphatic heterocycles. The Bertz CT molecular complexity index is 262. The van der Waals surface area contributed by atoms with Crippen LogP contribution in [0.2, 0.25) is 13.3 Å². The van der Waals surface area contributed by atoms with Crippen LogP contribution in [0.25, 0.3) is 0 Å². The van der Waals surface area contributed by atoms with Crippen LogP contribution < -0.4 is 0 Å². The third-order valence-electron chi connectivity index (χ3n) is 3.84. The molecule has 0 heterocycles. The van der Waals surface area contributed by atoms with Gasteiger partial charge in [-0.1, -0.05) is 35.9 Å². The molecule has 0 N–H and O–H groups in total. The molecule has 0 aromatic heterocycles. The van der Waals surface area contributed by atoms with Crippen molar-refractivity contribution in [3.8, 4) is 0 Å². The van der Waals surface area contributed by atoms with E-state index in [1.165, 1.54) is 44.1 Å². The first-order valence-electron chi connectivity index (χ1n) is 8.76. The van der Waals surface area contributed by atoms with Crippen LogP contribution in [0.4, 0.5) is 0 Å². The first-order chi connectivity index (χ1) is 9.74. The number of hydrogen-bond donors (Lipinski definition) is 0. The Morgan fingerprint density at radius 2 is 1.10 bits per heavy atom. The van der Waals surface area contributed by atoms with Crippen molar-refractivity contribution in [2.45, 2.75) is 79.5 Å². The van der Waals surface area contributed by atoms with Gasteiger partial charge in [-0.3, -0.25) is 0 Å². The predicted molar refractivity (Wildman–Crippen MR) is 97.5 cm³/mol. The number of rotatable bonds is 9. The molecule has 0 radical (unpaired) electrons. The first kappa shape index (κ1) is 20.0. The van der Waals surface area contributed by atoms with E-state index in [1.54, 1.807) is 13.3 Å². The van der Waals surface area contributed by atoms with Crippen LogP contribution in [0.3, 0.4) is 0 Å². The van der Waals surface area contributed by atoms with E-state index in [-0.39, 0.29) is 0 Å². The van der Waals surface area contributed by atoms with E-state index in [2.05, 4.69) is 39.8 Å². The van der Waals surface area contributed by atoms with Gasteiger partial charge in [-0.25, -0.2) is 0 Å². The Labute approximate surface area is 135 Å². The molecular formula is C19H36Sn. The molecule has 0 saturated heterocycles. The standard InChI is InChI=1S/C7H8.3C4H9.Sn.H/c1-7-5-3-2-4-6-7;3*1-3-4-2;;/h2-6H,1H3;3*1,3-4H2,2H3;;. The second-order valence-corrected chi connectivity index (χ2v) is 15.8. The SMILES string of the molecule is CCC[CH2][SnH]([CH2]CCC)[CH2]CCC.Cc1ccccc1. The van der Waals surface area contributed by atoms with Gasteiger partial charge in [0.2, 0.25) is 0 Å². The molecule has 0 atom stereocenters. The predicted octanol–water partition coefficient (Wildman–Crippen LogP) is 6.61. The number of aryl methyl sites for hydroxylation is 1. The molecule has 1 aromatic carbocycles. The third kappa shape index (κ3) is 13.0. The maximum Gasteiger partial charge on any atom is -0.0398 e. The molecule has 0 nitrogen and oxygen atoms in total. The smallest absolute Gasteiger partial charge is 0.0398 e. The van der Waals surface area contributed by atoms with E-state index in [1.807, 2.05) is 18.2 Å². The van der Waals surface area contributed by atoms with Crippen LogP contribution in [0.5, 0.6) is 0 Å². The van der Waals surface area contributed by atoms with Crippen LogP contribution in [0.1, 0.15) is 64.9 Å². The zero-order chi connectivity index (χ0) is 15.1. The summed E-state index contributed by atoms with van der Waals surface area (Å²) in [7, 11) is 0. The van der Waals surface area contributed by atoms with Crippen LogP contribution in [-0.2, 0) is 0 Å². The normalized spacial score (nSPS) is 10.2. The number of benzene rings is 1. The molecule has 0 aliphatic carbocycles. The van der Waals surface area contributed by atoms with Gasteiger partial charge in [0.15, 0.2) is 0 Å². The van der Waals surface area contributed by atoms with Crippen molar-refractivity contribution in [3.05, 3.63) is 35.9 Å². The topological polar surface area (TPSA) is 0 Å². The van der Waals surface area contributed by atoms with Crippen molar-refractivity contribution in [1.82, 2.24) is 0 Å².